The van der Waals surface area contributed by atoms with E-state index in [2.05, 4.69) is 64.1 Å². The third kappa shape index (κ3) is 6.25. The Balaban J connectivity index is 0.000000324. The molecule has 0 N–H and O–H groups in total. The summed E-state index contributed by atoms with van der Waals surface area (Å²) in [5, 5.41) is 0. The monoisotopic (exact) mass is 300 g/mol. The van der Waals surface area contributed by atoms with Gasteiger partial charge < -0.3 is 0 Å². The molecular weight excluding hydrogens is 275 g/mol. The summed E-state index contributed by atoms with van der Waals surface area (Å²) >= 11 is 0. The van der Waals surface area contributed by atoms with Crippen molar-refractivity contribution in [1.29, 1.82) is 0 Å². The Kier molecular flexibility index (Phi) is 9.61. The molecule has 2 rings (SSSR count). The Bertz CT molecular complexity index is 355. The fourth-order valence-electron chi connectivity index (χ4n) is 1.98. The predicted molar refractivity (Wildman–Crippen MR) is 81.6 cm³/mol. The van der Waals surface area contributed by atoms with Crippen LogP contribution in [0.3, 0.4) is 0 Å². The minimum absolute atomic E-state index is 0. The van der Waals surface area contributed by atoms with Gasteiger partial charge in [-0.1, -0.05) is 53.4 Å². The maximum Gasteiger partial charge on any atom is 2.00 e. The minimum atomic E-state index is 0. The molecule has 0 fully saturated rings. The van der Waals surface area contributed by atoms with Crippen molar-refractivity contribution in [2.24, 2.45) is 0 Å². The minimum Gasteiger partial charge on any atom is -0.210 e. The summed E-state index contributed by atoms with van der Waals surface area (Å²) in [7, 11) is 0. The molecule has 2 aromatic carbocycles. The first-order valence-corrected chi connectivity index (χ1v) is 7.22. The van der Waals surface area contributed by atoms with Crippen LogP contribution in [-0.4, -0.2) is 0 Å². The van der Waals surface area contributed by atoms with Crippen LogP contribution in [0.4, 0.5) is 0 Å². The molecule has 0 radical (unpaired) electrons. The van der Waals surface area contributed by atoms with Gasteiger partial charge in [-0.3, -0.25) is 0 Å². The van der Waals surface area contributed by atoms with Crippen molar-refractivity contribution in [1.82, 2.24) is 0 Å². The van der Waals surface area contributed by atoms with Crippen LogP contribution in [0.2, 0.25) is 0 Å². The summed E-state index contributed by atoms with van der Waals surface area (Å²) in [5.74, 6) is 0. The summed E-state index contributed by atoms with van der Waals surface area (Å²) in [6, 6.07) is 13.4. The normalized spacial score (nSPS) is 9.47. The second kappa shape index (κ2) is 10.0. The second-order valence-corrected chi connectivity index (χ2v) is 4.67. The summed E-state index contributed by atoms with van der Waals surface area (Å²) in [6.45, 7) is 8.76. The van der Waals surface area contributed by atoms with Crippen molar-refractivity contribution in [3.63, 3.8) is 0 Å². The van der Waals surface area contributed by atoms with E-state index in [4.69, 9.17) is 0 Å². The maximum atomic E-state index is 2.28. The molecule has 0 atom stereocenters. The van der Waals surface area contributed by atoms with E-state index >= 15 is 0 Å². The molecule has 0 saturated heterocycles. The second-order valence-electron chi connectivity index (χ2n) is 4.67. The molecule has 0 aliphatic heterocycles. The molecule has 0 aromatic heterocycles. The number of aryl methyl sites for hydroxylation is 4. The van der Waals surface area contributed by atoms with Gasteiger partial charge in [-0.2, -0.15) is 46.5 Å². The molecule has 0 spiro atoms. The van der Waals surface area contributed by atoms with E-state index in [9.17, 15) is 0 Å². The Labute approximate surface area is 128 Å². The average Bonchev–Trinajstić information content (AvgIpc) is 3.07. The summed E-state index contributed by atoms with van der Waals surface area (Å²) < 4.78 is 0. The zero-order valence-corrected chi connectivity index (χ0v) is 13.6. The van der Waals surface area contributed by atoms with E-state index in [1.807, 2.05) is 0 Å². The molecule has 1 heteroatoms. The fourth-order valence-corrected chi connectivity index (χ4v) is 1.98. The van der Waals surface area contributed by atoms with Crippen molar-refractivity contribution in [3.8, 4) is 0 Å². The van der Waals surface area contributed by atoms with E-state index in [1.165, 1.54) is 47.9 Å². The van der Waals surface area contributed by atoms with Gasteiger partial charge in [0.1, 0.15) is 0 Å². The van der Waals surface area contributed by atoms with Crippen molar-refractivity contribution >= 4 is 0 Å². The van der Waals surface area contributed by atoms with Crippen LogP contribution in [0, 0.1) is 0 Å². The van der Waals surface area contributed by atoms with Crippen LogP contribution in [0.25, 0.3) is 0 Å². The molecular formula is C18H26Ni. The molecule has 19 heavy (non-hydrogen) atoms. The number of hydrogen-bond donors (Lipinski definition) is 0. The number of hydrogen-bond acceptors (Lipinski definition) is 0. The molecule has 0 nitrogen and oxygen atoms in total. The molecule has 0 saturated carbocycles. The van der Waals surface area contributed by atoms with Gasteiger partial charge in [0.25, 0.3) is 0 Å². The van der Waals surface area contributed by atoms with Crippen LogP contribution >= 0.6 is 0 Å². The quantitative estimate of drug-likeness (QED) is 0.547. The van der Waals surface area contributed by atoms with E-state index in [1.54, 1.807) is 0 Å². The third-order valence-electron chi connectivity index (χ3n) is 3.40. The van der Waals surface area contributed by atoms with E-state index in [0.29, 0.717) is 0 Å². The topological polar surface area (TPSA) is 0 Å². The van der Waals surface area contributed by atoms with Crippen molar-refractivity contribution in [2.45, 2.75) is 53.4 Å². The van der Waals surface area contributed by atoms with Crippen molar-refractivity contribution < 1.29 is 16.5 Å². The molecule has 0 heterocycles. The Hall–Kier alpha value is -0.806. The molecule has 0 aliphatic carbocycles. The van der Waals surface area contributed by atoms with Gasteiger partial charge >= 0.3 is 16.5 Å². The van der Waals surface area contributed by atoms with Gasteiger partial charge in [0.2, 0.25) is 0 Å². The fraction of sp³-hybridized carbons (Fsp3) is 0.444. The van der Waals surface area contributed by atoms with Crippen LogP contribution in [0.5, 0.6) is 0 Å². The van der Waals surface area contributed by atoms with Gasteiger partial charge in [0, 0.05) is 0 Å². The zero-order chi connectivity index (χ0) is 13.4. The van der Waals surface area contributed by atoms with Gasteiger partial charge in [0.05, 0.1) is 0 Å². The molecule has 0 bridgehead atoms. The van der Waals surface area contributed by atoms with Crippen LogP contribution in [0.15, 0.2) is 36.4 Å². The standard InChI is InChI=1S/2C9H13.Ni/c2*1-3-8-5-6-9(4-2)7-8;/h2*5-7H,3-4H2,1-2H3;/q2*-1;+2. The van der Waals surface area contributed by atoms with E-state index in [0.717, 1.165) is 0 Å². The van der Waals surface area contributed by atoms with Gasteiger partial charge in [-0.15, -0.1) is 0 Å². The zero-order valence-electron chi connectivity index (χ0n) is 12.6. The first kappa shape index (κ1) is 18.2. The molecule has 108 valence electrons. The first-order chi connectivity index (χ1) is 8.73. The summed E-state index contributed by atoms with van der Waals surface area (Å²) in [5.41, 5.74) is 5.86. The largest absolute Gasteiger partial charge is 2.00 e. The SMILES string of the molecule is CCc1cc[c-](CC)c1.CCc1cc[c-](CC)c1.[Ni+2]. The van der Waals surface area contributed by atoms with Crippen LogP contribution in [-0.2, 0) is 42.2 Å². The van der Waals surface area contributed by atoms with Gasteiger partial charge in [-0.25, -0.2) is 12.1 Å². The van der Waals surface area contributed by atoms with E-state index in [-0.39, 0.29) is 16.5 Å². The van der Waals surface area contributed by atoms with Crippen molar-refractivity contribution in [3.05, 3.63) is 58.7 Å². The Morgan fingerprint density at radius 1 is 0.737 bits per heavy atom. The van der Waals surface area contributed by atoms with Crippen LogP contribution in [0.1, 0.15) is 49.9 Å². The van der Waals surface area contributed by atoms with Crippen LogP contribution < -0.4 is 0 Å². The van der Waals surface area contributed by atoms with Gasteiger partial charge in [-0.05, 0) is 0 Å². The molecule has 0 aliphatic rings. The first-order valence-electron chi connectivity index (χ1n) is 7.22. The average molecular weight is 301 g/mol. The summed E-state index contributed by atoms with van der Waals surface area (Å²) in [4.78, 5) is 0. The Morgan fingerprint density at radius 3 is 1.26 bits per heavy atom. The number of rotatable bonds is 4. The molecule has 0 amide bonds. The molecule has 0 unspecified atom stereocenters. The summed E-state index contributed by atoms with van der Waals surface area (Å²) in [6.07, 6.45) is 4.67. The van der Waals surface area contributed by atoms with Crippen molar-refractivity contribution in [2.75, 3.05) is 0 Å². The maximum absolute atomic E-state index is 2.28. The molecule has 2 aromatic rings. The third-order valence-corrected chi connectivity index (χ3v) is 3.40. The van der Waals surface area contributed by atoms with E-state index < -0.39 is 0 Å². The Morgan fingerprint density at radius 2 is 1.11 bits per heavy atom. The smallest absolute Gasteiger partial charge is 0.210 e. The predicted octanol–water partition coefficient (Wildman–Crippen LogP) is 5.06. The van der Waals surface area contributed by atoms with Gasteiger partial charge in [0.15, 0.2) is 0 Å².